The van der Waals surface area contributed by atoms with E-state index in [0.29, 0.717) is 10.6 Å². The maximum absolute atomic E-state index is 13.0. The molecule has 30 heavy (non-hydrogen) atoms. The zero-order valence-electron chi connectivity index (χ0n) is 18.4. The van der Waals surface area contributed by atoms with Crippen molar-refractivity contribution in [1.29, 1.82) is 0 Å². The van der Waals surface area contributed by atoms with Crippen LogP contribution in [-0.4, -0.2) is 33.9 Å². The summed E-state index contributed by atoms with van der Waals surface area (Å²) in [5.74, 6) is 1.66. The summed E-state index contributed by atoms with van der Waals surface area (Å²) in [5, 5.41) is 3.98. The molecule has 4 heterocycles. The maximum atomic E-state index is 13.0. The van der Waals surface area contributed by atoms with Gasteiger partial charge in [-0.1, -0.05) is 20.8 Å². The van der Waals surface area contributed by atoms with E-state index in [1.54, 1.807) is 6.20 Å². The molecule has 3 aromatic rings. The number of fused-ring (bicyclic) bond motifs is 1. The molecule has 0 atom stereocenters. The smallest absolute Gasteiger partial charge is 0.266 e. The highest BCUT2D eigenvalue weighted by Gasteiger charge is 2.23. The number of thiophene rings is 1. The summed E-state index contributed by atoms with van der Waals surface area (Å²) in [6.45, 7) is 12.4. The Labute approximate surface area is 181 Å². The molecule has 158 valence electrons. The molecule has 1 amide bonds. The second kappa shape index (κ2) is 7.95. The Morgan fingerprint density at radius 1 is 1.10 bits per heavy atom. The number of aromatic nitrogens is 3. The van der Waals surface area contributed by atoms with E-state index in [1.807, 2.05) is 26.0 Å². The predicted octanol–water partition coefficient (Wildman–Crippen LogP) is 5.24. The fourth-order valence-corrected chi connectivity index (χ4v) is 4.98. The van der Waals surface area contributed by atoms with Crippen molar-refractivity contribution in [1.82, 2.24) is 15.0 Å². The molecule has 0 saturated carbocycles. The number of anilines is 2. The summed E-state index contributed by atoms with van der Waals surface area (Å²) < 4.78 is 0. The summed E-state index contributed by atoms with van der Waals surface area (Å²) in [7, 11) is 0. The van der Waals surface area contributed by atoms with Gasteiger partial charge < -0.3 is 10.2 Å². The van der Waals surface area contributed by atoms with Gasteiger partial charge in [0.25, 0.3) is 5.91 Å². The standard InChI is InChI=1S/C23H29N5OS/c1-14-18-15(2)25-22(23(3,4)5)27-21(18)30-19(14)20(29)26-16-9-10-17(24-13-16)28-11-7-6-8-12-28/h9-10,13H,6-8,11-12H2,1-5H3,(H,26,29). The van der Waals surface area contributed by atoms with Gasteiger partial charge in [-0.05, 0) is 50.8 Å². The molecule has 1 aliphatic rings. The predicted molar refractivity (Wildman–Crippen MR) is 124 cm³/mol. The molecule has 0 aromatic carbocycles. The van der Waals surface area contributed by atoms with Crippen LogP contribution < -0.4 is 10.2 Å². The van der Waals surface area contributed by atoms with E-state index in [2.05, 4.69) is 36.0 Å². The Hall–Kier alpha value is -2.54. The van der Waals surface area contributed by atoms with E-state index in [-0.39, 0.29) is 11.3 Å². The molecule has 0 unspecified atom stereocenters. The number of aryl methyl sites for hydroxylation is 2. The Bertz CT molecular complexity index is 1080. The second-order valence-electron chi connectivity index (χ2n) is 9.03. The first kappa shape index (κ1) is 20.7. The van der Waals surface area contributed by atoms with Crippen LogP contribution in [0.5, 0.6) is 0 Å². The minimum atomic E-state index is -0.138. The van der Waals surface area contributed by atoms with Crippen molar-refractivity contribution >= 4 is 39.0 Å². The van der Waals surface area contributed by atoms with Crippen molar-refractivity contribution < 1.29 is 4.79 Å². The molecule has 0 radical (unpaired) electrons. The Balaban J connectivity index is 1.57. The lowest BCUT2D eigenvalue weighted by atomic mass is 9.95. The fourth-order valence-electron chi connectivity index (χ4n) is 3.85. The van der Waals surface area contributed by atoms with Crippen molar-refractivity contribution in [3.63, 3.8) is 0 Å². The number of nitrogens with zero attached hydrogens (tertiary/aromatic N) is 4. The lowest BCUT2D eigenvalue weighted by Crippen LogP contribution is -2.30. The van der Waals surface area contributed by atoms with Gasteiger partial charge in [-0.25, -0.2) is 15.0 Å². The Morgan fingerprint density at radius 2 is 1.83 bits per heavy atom. The van der Waals surface area contributed by atoms with Crippen molar-refractivity contribution in [2.24, 2.45) is 0 Å². The van der Waals surface area contributed by atoms with Gasteiger partial charge in [-0.15, -0.1) is 11.3 Å². The van der Waals surface area contributed by atoms with Crippen LogP contribution in [0.4, 0.5) is 11.5 Å². The molecule has 0 spiro atoms. The molecule has 4 rings (SSSR count). The van der Waals surface area contributed by atoms with Gasteiger partial charge in [-0.2, -0.15) is 0 Å². The second-order valence-corrected chi connectivity index (χ2v) is 10.0. The third-order valence-corrected chi connectivity index (χ3v) is 6.72. The first-order valence-corrected chi connectivity index (χ1v) is 11.4. The van der Waals surface area contributed by atoms with Gasteiger partial charge in [-0.3, -0.25) is 4.79 Å². The normalized spacial score (nSPS) is 14.9. The number of carbonyl (C=O) groups excluding carboxylic acids is 1. The molecule has 3 aromatic heterocycles. The molecule has 1 saturated heterocycles. The van der Waals surface area contributed by atoms with Gasteiger partial charge in [0.2, 0.25) is 0 Å². The van der Waals surface area contributed by atoms with Crippen LogP contribution in [0.1, 0.15) is 66.8 Å². The summed E-state index contributed by atoms with van der Waals surface area (Å²) in [5.41, 5.74) is 2.42. The summed E-state index contributed by atoms with van der Waals surface area (Å²) in [6, 6.07) is 3.92. The van der Waals surface area contributed by atoms with Crippen LogP contribution in [0, 0.1) is 13.8 Å². The number of hydrogen-bond donors (Lipinski definition) is 1. The van der Waals surface area contributed by atoms with E-state index in [4.69, 9.17) is 9.97 Å². The lowest BCUT2D eigenvalue weighted by Gasteiger charge is -2.27. The molecule has 1 aliphatic heterocycles. The van der Waals surface area contributed by atoms with Crippen molar-refractivity contribution in [2.75, 3.05) is 23.3 Å². The number of rotatable bonds is 3. The number of piperidine rings is 1. The Kier molecular flexibility index (Phi) is 5.49. The van der Waals surface area contributed by atoms with E-state index in [1.165, 1.54) is 30.6 Å². The van der Waals surface area contributed by atoms with Crippen LogP contribution in [0.15, 0.2) is 18.3 Å². The topological polar surface area (TPSA) is 71.0 Å². The summed E-state index contributed by atoms with van der Waals surface area (Å²) in [4.78, 5) is 30.8. The van der Waals surface area contributed by atoms with Crippen molar-refractivity contribution in [3.05, 3.63) is 40.3 Å². The van der Waals surface area contributed by atoms with Crippen LogP contribution in [-0.2, 0) is 5.41 Å². The van der Waals surface area contributed by atoms with Crippen LogP contribution in [0.25, 0.3) is 10.2 Å². The average molecular weight is 424 g/mol. The third-order valence-electron chi connectivity index (χ3n) is 5.53. The number of carbonyl (C=O) groups is 1. The number of pyridine rings is 1. The highest BCUT2D eigenvalue weighted by Crippen LogP contribution is 2.33. The first-order valence-electron chi connectivity index (χ1n) is 10.5. The van der Waals surface area contributed by atoms with E-state index in [9.17, 15) is 4.79 Å². The van der Waals surface area contributed by atoms with Gasteiger partial charge >= 0.3 is 0 Å². The highest BCUT2D eigenvalue weighted by molar-refractivity contribution is 7.20. The van der Waals surface area contributed by atoms with E-state index in [0.717, 1.165) is 46.2 Å². The van der Waals surface area contributed by atoms with Crippen LogP contribution in [0.2, 0.25) is 0 Å². The largest absolute Gasteiger partial charge is 0.357 e. The SMILES string of the molecule is Cc1nc(C(C)(C)C)nc2sc(C(=O)Nc3ccc(N4CCCCC4)nc3)c(C)c12. The van der Waals surface area contributed by atoms with Crippen LogP contribution >= 0.6 is 11.3 Å². The van der Waals surface area contributed by atoms with Crippen molar-refractivity contribution in [2.45, 2.75) is 59.3 Å². The summed E-state index contributed by atoms with van der Waals surface area (Å²) >= 11 is 1.43. The van der Waals surface area contributed by atoms with Gasteiger partial charge in [0.05, 0.1) is 22.5 Å². The molecule has 1 fully saturated rings. The first-order chi connectivity index (χ1) is 14.2. The monoisotopic (exact) mass is 423 g/mol. The molecule has 6 nitrogen and oxygen atoms in total. The average Bonchev–Trinajstić information content (AvgIpc) is 3.06. The zero-order valence-corrected chi connectivity index (χ0v) is 19.2. The molecular formula is C23H29N5OS. The lowest BCUT2D eigenvalue weighted by molar-refractivity contribution is 0.103. The van der Waals surface area contributed by atoms with Gasteiger partial charge in [0, 0.05) is 23.9 Å². The fraction of sp³-hybridized carbons (Fsp3) is 0.478. The molecule has 0 bridgehead atoms. The molecular weight excluding hydrogens is 394 g/mol. The third kappa shape index (κ3) is 4.03. The quantitative estimate of drug-likeness (QED) is 0.623. The molecule has 1 N–H and O–H groups in total. The van der Waals surface area contributed by atoms with E-state index < -0.39 is 0 Å². The number of nitrogens with one attached hydrogen (secondary N) is 1. The number of amides is 1. The van der Waals surface area contributed by atoms with Gasteiger partial charge in [0.1, 0.15) is 16.5 Å². The summed E-state index contributed by atoms with van der Waals surface area (Å²) in [6.07, 6.45) is 5.46. The molecule has 0 aliphatic carbocycles. The minimum Gasteiger partial charge on any atom is -0.357 e. The van der Waals surface area contributed by atoms with Gasteiger partial charge in [0.15, 0.2) is 0 Å². The minimum absolute atomic E-state index is 0.125. The maximum Gasteiger partial charge on any atom is 0.266 e. The van der Waals surface area contributed by atoms with Crippen LogP contribution in [0.3, 0.4) is 0 Å². The van der Waals surface area contributed by atoms with E-state index >= 15 is 0 Å². The van der Waals surface area contributed by atoms with Crippen molar-refractivity contribution in [3.8, 4) is 0 Å². The zero-order chi connectivity index (χ0) is 21.5. The Morgan fingerprint density at radius 3 is 2.47 bits per heavy atom. The number of hydrogen-bond acceptors (Lipinski definition) is 6. The molecule has 7 heteroatoms. The highest BCUT2D eigenvalue weighted by atomic mass is 32.1.